The number of carbonyl (C=O) groups excluding carboxylic acids is 1. The van der Waals surface area contributed by atoms with E-state index in [-0.39, 0.29) is 6.42 Å². The summed E-state index contributed by atoms with van der Waals surface area (Å²) in [7, 11) is 1.28. The number of esters is 1. The molecule has 1 rings (SSSR count). The van der Waals surface area contributed by atoms with Gasteiger partial charge in [0.05, 0.1) is 25.8 Å². The van der Waals surface area contributed by atoms with Gasteiger partial charge in [-0.15, -0.1) is 0 Å². The molecule has 0 bridgehead atoms. The summed E-state index contributed by atoms with van der Waals surface area (Å²) >= 11 is 0. The fourth-order valence-electron chi connectivity index (χ4n) is 0.984. The van der Waals surface area contributed by atoms with Crippen LogP contribution >= 0.6 is 0 Å². The molecule has 0 amide bonds. The van der Waals surface area contributed by atoms with Crippen molar-refractivity contribution in [1.82, 2.24) is 9.78 Å². The lowest BCUT2D eigenvalue weighted by Gasteiger charge is -2.05. The molecule has 0 aliphatic rings. The summed E-state index contributed by atoms with van der Waals surface area (Å²) in [6.45, 7) is 3.51. The lowest BCUT2D eigenvalue weighted by molar-refractivity contribution is -0.142. The van der Waals surface area contributed by atoms with Crippen molar-refractivity contribution in [2.45, 2.75) is 12.5 Å². The molecule has 5 heteroatoms. The maximum absolute atomic E-state index is 10.8. The van der Waals surface area contributed by atoms with Crippen molar-refractivity contribution in [3.05, 3.63) is 24.5 Å². The molecule has 1 aromatic heterocycles. The molecule has 0 aliphatic heterocycles. The summed E-state index contributed by atoms with van der Waals surface area (Å²) in [4.78, 5) is 10.8. The third kappa shape index (κ3) is 2.43. The summed E-state index contributed by atoms with van der Waals surface area (Å²) in [6.07, 6.45) is 3.62. The van der Waals surface area contributed by atoms with Gasteiger partial charge in [0.15, 0.2) is 0 Å². The van der Waals surface area contributed by atoms with Gasteiger partial charge in [-0.2, -0.15) is 5.10 Å². The van der Waals surface area contributed by atoms with Crippen molar-refractivity contribution in [1.29, 1.82) is 0 Å². The molecule has 0 aliphatic carbocycles. The van der Waals surface area contributed by atoms with Crippen molar-refractivity contribution in [3.63, 3.8) is 0 Å². The molecule has 0 spiro atoms. The van der Waals surface area contributed by atoms with Crippen molar-refractivity contribution >= 4 is 12.2 Å². The summed E-state index contributed by atoms with van der Waals surface area (Å²) in [5, 5.41) is 13.4. The first kappa shape index (κ1) is 10.5. The number of aliphatic hydroxyl groups is 1. The average Bonchev–Trinajstić information content (AvgIpc) is 2.65. The Kier molecular flexibility index (Phi) is 3.41. The number of hydrogen-bond acceptors (Lipinski definition) is 4. The highest BCUT2D eigenvalue weighted by Gasteiger charge is 2.14. The molecule has 1 atom stereocenters. The number of aromatic nitrogens is 2. The Labute approximate surface area is 81.6 Å². The molecule has 1 heterocycles. The number of ether oxygens (including phenoxy) is 1. The summed E-state index contributed by atoms with van der Waals surface area (Å²) in [6, 6.07) is 0. The molecule has 1 aromatic rings. The third-order valence-corrected chi connectivity index (χ3v) is 1.78. The van der Waals surface area contributed by atoms with E-state index in [0.717, 1.165) is 0 Å². The van der Waals surface area contributed by atoms with Gasteiger partial charge < -0.3 is 9.84 Å². The number of rotatable bonds is 4. The molecule has 5 nitrogen and oxygen atoms in total. The van der Waals surface area contributed by atoms with E-state index < -0.39 is 12.1 Å². The van der Waals surface area contributed by atoms with E-state index in [0.29, 0.717) is 5.56 Å². The van der Waals surface area contributed by atoms with E-state index in [2.05, 4.69) is 16.4 Å². The first-order valence-corrected chi connectivity index (χ1v) is 4.09. The van der Waals surface area contributed by atoms with E-state index in [1.54, 1.807) is 6.20 Å². The van der Waals surface area contributed by atoms with Crippen molar-refractivity contribution in [2.24, 2.45) is 0 Å². The molecule has 76 valence electrons. The standard InChI is InChI=1S/C9H12N2O3/c1-3-11-6-7(5-10-11)8(12)4-9(13)14-2/h3,5-6,8,12H,1,4H2,2H3/t8-/m1/s1. The number of hydrogen-bond donors (Lipinski definition) is 1. The van der Waals surface area contributed by atoms with Crippen LogP contribution in [0.1, 0.15) is 18.1 Å². The molecule has 0 radical (unpaired) electrons. The van der Waals surface area contributed by atoms with Gasteiger partial charge in [0, 0.05) is 18.0 Å². The fraction of sp³-hybridized carbons (Fsp3) is 0.333. The van der Waals surface area contributed by atoms with Crippen LogP contribution in [0.5, 0.6) is 0 Å². The first-order chi connectivity index (χ1) is 6.67. The van der Waals surface area contributed by atoms with E-state index in [9.17, 15) is 9.90 Å². The number of nitrogens with zero attached hydrogens (tertiary/aromatic N) is 2. The molecule has 0 fully saturated rings. The van der Waals surface area contributed by atoms with Crippen molar-refractivity contribution in [3.8, 4) is 0 Å². The van der Waals surface area contributed by atoms with Crippen LogP contribution in [0.15, 0.2) is 19.0 Å². The Morgan fingerprint density at radius 2 is 2.64 bits per heavy atom. The lowest BCUT2D eigenvalue weighted by atomic mass is 10.1. The quantitative estimate of drug-likeness (QED) is 0.715. The normalized spacial score (nSPS) is 12.1. The largest absolute Gasteiger partial charge is 0.469 e. The molecule has 0 saturated carbocycles. The summed E-state index contributed by atoms with van der Waals surface area (Å²) in [5.74, 6) is -0.455. The highest BCUT2D eigenvalue weighted by atomic mass is 16.5. The van der Waals surface area contributed by atoms with Gasteiger partial charge in [0.25, 0.3) is 0 Å². The zero-order chi connectivity index (χ0) is 10.6. The number of carbonyl (C=O) groups is 1. The van der Waals surface area contributed by atoms with E-state index in [4.69, 9.17) is 0 Å². The Morgan fingerprint density at radius 1 is 1.93 bits per heavy atom. The molecular formula is C9H12N2O3. The van der Waals surface area contributed by atoms with Crippen molar-refractivity contribution < 1.29 is 14.6 Å². The molecular weight excluding hydrogens is 184 g/mol. The van der Waals surface area contributed by atoms with Crippen LogP contribution in [-0.4, -0.2) is 28.0 Å². The number of methoxy groups -OCH3 is 1. The predicted molar refractivity (Wildman–Crippen MR) is 50.2 cm³/mol. The minimum Gasteiger partial charge on any atom is -0.469 e. The summed E-state index contributed by atoms with van der Waals surface area (Å²) < 4.78 is 5.88. The molecule has 0 aromatic carbocycles. The Morgan fingerprint density at radius 3 is 3.14 bits per heavy atom. The van der Waals surface area contributed by atoms with Crippen molar-refractivity contribution in [2.75, 3.05) is 7.11 Å². The van der Waals surface area contributed by atoms with Gasteiger partial charge in [0.2, 0.25) is 0 Å². The third-order valence-electron chi connectivity index (χ3n) is 1.78. The minimum absolute atomic E-state index is 0.0701. The number of aliphatic hydroxyl groups excluding tert-OH is 1. The van der Waals surface area contributed by atoms with Crippen LogP contribution in [0.3, 0.4) is 0 Å². The highest BCUT2D eigenvalue weighted by Crippen LogP contribution is 2.15. The van der Waals surface area contributed by atoms with Gasteiger partial charge in [0.1, 0.15) is 0 Å². The molecule has 0 unspecified atom stereocenters. The first-order valence-electron chi connectivity index (χ1n) is 4.09. The average molecular weight is 196 g/mol. The smallest absolute Gasteiger partial charge is 0.308 e. The van der Waals surface area contributed by atoms with Gasteiger partial charge in [-0.3, -0.25) is 4.79 Å². The second-order valence-corrected chi connectivity index (χ2v) is 2.73. The monoisotopic (exact) mass is 196 g/mol. The van der Waals surface area contributed by atoms with Gasteiger partial charge in [-0.1, -0.05) is 6.58 Å². The summed E-state index contributed by atoms with van der Waals surface area (Å²) in [5.41, 5.74) is 0.565. The minimum atomic E-state index is -0.879. The Balaban J connectivity index is 2.64. The van der Waals surface area contributed by atoms with E-state index in [1.165, 1.54) is 24.2 Å². The fourth-order valence-corrected chi connectivity index (χ4v) is 0.984. The highest BCUT2D eigenvalue weighted by molar-refractivity contribution is 5.69. The maximum Gasteiger partial charge on any atom is 0.308 e. The molecule has 14 heavy (non-hydrogen) atoms. The zero-order valence-electron chi connectivity index (χ0n) is 7.88. The van der Waals surface area contributed by atoms with Gasteiger partial charge in [-0.05, 0) is 0 Å². The van der Waals surface area contributed by atoms with Crippen LogP contribution in [-0.2, 0) is 9.53 Å². The zero-order valence-corrected chi connectivity index (χ0v) is 7.88. The Bertz CT molecular complexity index is 333. The topological polar surface area (TPSA) is 64.4 Å². The van der Waals surface area contributed by atoms with Gasteiger partial charge in [-0.25, -0.2) is 4.68 Å². The second-order valence-electron chi connectivity index (χ2n) is 2.73. The maximum atomic E-state index is 10.8. The van der Waals surface area contributed by atoms with Crippen LogP contribution in [0.25, 0.3) is 6.20 Å². The second kappa shape index (κ2) is 4.57. The SMILES string of the molecule is C=Cn1cc([C@H](O)CC(=O)OC)cn1. The molecule has 1 N–H and O–H groups in total. The van der Waals surface area contributed by atoms with E-state index in [1.807, 2.05) is 0 Å². The van der Waals surface area contributed by atoms with Crippen LogP contribution < -0.4 is 0 Å². The van der Waals surface area contributed by atoms with E-state index >= 15 is 0 Å². The predicted octanol–water partition coefficient (Wildman–Crippen LogP) is 0.580. The van der Waals surface area contributed by atoms with Crippen LogP contribution in [0.4, 0.5) is 0 Å². The van der Waals surface area contributed by atoms with Gasteiger partial charge >= 0.3 is 5.97 Å². The van der Waals surface area contributed by atoms with Crippen LogP contribution in [0.2, 0.25) is 0 Å². The molecule has 0 saturated heterocycles. The Hall–Kier alpha value is -1.62. The lowest BCUT2D eigenvalue weighted by Crippen LogP contribution is -2.07. The van der Waals surface area contributed by atoms with Crippen LogP contribution in [0, 0.1) is 0 Å².